The third kappa shape index (κ3) is 3.11. The fraction of sp³-hybridized carbons (Fsp3) is 0.650. The Morgan fingerprint density at radius 1 is 1.30 bits per heavy atom. The second-order valence-corrected chi connectivity index (χ2v) is 7.68. The maximum absolute atomic E-state index is 12.0. The van der Waals surface area contributed by atoms with Crippen LogP contribution < -0.4 is 4.74 Å². The molecular weight excluding hydrogens is 288 g/mol. The summed E-state index contributed by atoms with van der Waals surface area (Å²) < 4.78 is 6.28. The lowest BCUT2D eigenvalue weighted by atomic mass is 9.66. The number of carbonyl (C=O) groups excluding carboxylic acids is 1. The van der Waals surface area contributed by atoms with Gasteiger partial charge < -0.3 is 9.84 Å². The minimum absolute atomic E-state index is 0.0969. The van der Waals surface area contributed by atoms with Crippen molar-refractivity contribution in [3.8, 4) is 11.5 Å². The highest BCUT2D eigenvalue weighted by molar-refractivity contribution is 5.81. The van der Waals surface area contributed by atoms with Crippen LogP contribution in [0.4, 0.5) is 0 Å². The second-order valence-electron chi connectivity index (χ2n) is 7.68. The first-order valence-corrected chi connectivity index (χ1v) is 8.99. The summed E-state index contributed by atoms with van der Waals surface area (Å²) in [7, 11) is 0. The van der Waals surface area contributed by atoms with Crippen molar-refractivity contribution in [2.75, 3.05) is 0 Å². The molecule has 0 radical (unpaired) electrons. The van der Waals surface area contributed by atoms with Crippen LogP contribution in [-0.4, -0.2) is 16.5 Å². The van der Waals surface area contributed by atoms with Crippen LogP contribution in [0.25, 0.3) is 0 Å². The third-order valence-electron chi connectivity index (χ3n) is 5.55. The van der Waals surface area contributed by atoms with Crippen molar-refractivity contribution in [2.24, 2.45) is 5.92 Å². The molecule has 2 atom stereocenters. The fourth-order valence-electron chi connectivity index (χ4n) is 4.35. The first-order chi connectivity index (χ1) is 10.9. The van der Waals surface area contributed by atoms with Crippen LogP contribution in [-0.2, 0) is 11.2 Å². The summed E-state index contributed by atoms with van der Waals surface area (Å²) in [6.45, 7) is 6.42. The van der Waals surface area contributed by atoms with Crippen molar-refractivity contribution in [1.82, 2.24) is 0 Å². The van der Waals surface area contributed by atoms with E-state index in [1.54, 1.807) is 0 Å². The molecule has 2 unspecified atom stereocenters. The van der Waals surface area contributed by atoms with Crippen LogP contribution in [0.3, 0.4) is 0 Å². The summed E-state index contributed by atoms with van der Waals surface area (Å²) in [6.07, 6.45) is 6.50. The number of rotatable bonds is 4. The number of aromatic hydroxyl groups is 1. The Balaban J connectivity index is 1.96. The maximum atomic E-state index is 12.0. The van der Waals surface area contributed by atoms with E-state index in [4.69, 9.17) is 4.74 Å². The van der Waals surface area contributed by atoms with Gasteiger partial charge in [0.25, 0.3) is 0 Å². The topological polar surface area (TPSA) is 46.5 Å². The Morgan fingerprint density at radius 3 is 2.83 bits per heavy atom. The SMILES string of the molecule is CCCCCc1cc(O)c2c(c1)OC(C)(C)C1CCC(=O)CC21. The Hall–Kier alpha value is -1.51. The van der Waals surface area contributed by atoms with Gasteiger partial charge in [-0.05, 0) is 50.8 Å². The molecule has 1 fully saturated rings. The number of fused-ring (bicyclic) bond motifs is 3. The molecule has 3 nitrogen and oxygen atoms in total. The van der Waals surface area contributed by atoms with E-state index in [0.717, 1.165) is 36.1 Å². The van der Waals surface area contributed by atoms with E-state index in [1.807, 2.05) is 6.07 Å². The molecule has 1 N–H and O–H groups in total. The van der Waals surface area contributed by atoms with Gasteiger partial charge in [0.2, 0.25) is 0 Å². The number of aryl methyl sites for hydroxylation is 1. The first-order valence-electron chi connectivity index (χ1n) is 8.99. The summed E-state index contributed by atoms with van der Waals surface area (Å²) in [4.78, 5) is 12.0. The normalized spacial score (nSPS) is 25.4. The number of carbonyl (C=O) groups is 1. The van der Waals surface area contributed by atoms with Crippen molar-refractivity contribution >= 4 is 5.78 Å². The molecule has 0 aromatic heterocycles. The van der Waals surface area contributed by atoms with E-state index in [1.165, 1.54) is 12.8 Å². The maximum Gasteiger partial charge on any atom is 0.133 e. The largest absolute Gasteiger partial charge is 0.508 e. The Labute approximate surface area is 139 Å². The molecule has 1 saturated carbocycles. The number of phenols is 1. The molecule has 1 aliphatic carbocycles. The third-order valence-corrected chi connectivity index (χ3v) is 5.55. The van der Waals surface area contributed by atoms with Crippen LogP contribution >= 0.6 is 0 Å². The van der Waals surface area contributed by atoms with Crippen molar-refractivity contribution in [3.63, 3.8) is 0 Å². The van der Waals surface area contributed by atoms with E-state index in [-0.39, 0.29) is 11.5 Å². The van der Waals surface area contributed by atoms with Crippen molar-refractivity contribution in [2.45, 2.75) is 77.2 Å². The molecule has 0 amide bonds. The summed E-state index contributed by atoms with van der Waals surface area (Å²) in [5.74, 6) is 1.80. The highest BCUT2D eigenvalue weighted by Crippen LogP contribution is 2.53. The number of hydrogen-bond donors (Lipinski definition) is 1. The first kappa shape index (κ1) is 16.4. The lowest BCUT2D eigenvalue weighted by Gasteiger charge is -2.47. The number of phenolic OH excluding ortho intramolecular Hbond substituents is 1. The monoisotopic (exact) mass is 316 g/mol. The summed E-state index contributed by atoms with van der Waals surface area (Å²) in [6, 6.07) is 3.97. The molecule has 0 saturated heterocycles. The van der Waals surface area contributed by atoms with Crippen LogP contribution in [0, 0.1) is 5.92 Å². The van der Waals surface area contributed by atoms with Gasteiger partial charge in [0.1, 0.15) is 22.9 Å². The molecular formula is C20H28O3. The van der Waals surface area contributed by atoms with Crippen molar-refractivity contribution < 1.29 is 14.6 Å². The van der Waals surface area contributed by atoms with Crippen LogP contribution in [0.15, 0.2) is 12.1 Å². The predicted molar refractivity (Wildman–Crippen MR) is 91.1 cm³/mol. The Morgan fingerprint density at radius 2 is 2.09 bits per heavy atom. The lowest BCUT2D eigenvalue weighted by Crippen LogP contribution is -2.47. The quantitative estimate of drug-likeness (QED) is 0.815. The highest BCUT2D eigenvalue weighted by Gasteiger charge is 2.47. The zero-order valence-corrected chi connectivity index (χ0v) is 14.5. The molecule has 0 bridgehead atoms. The van der Waals surface area contributed by atoms with Crippen molar-refractivity contribution in [3.05, 3.63) is 23.3 Å². The van der Waals surface area contributed by atoms with Gasteiger partial charge in [-0.3, -0.25) is 4.79 Å². The molecule has 2 aliphatic rings. The van der Waals surface area contributed by atoms with Gasteiger partial charge in [0.15, 0.2) is 0 Å². The zero-order chi connectivity index (χ0) is 16.6. The highest BCUT2D eigenvalue weighted by atomic mass is 16.5. The molecule has 1 aromatic carbocycles. The van der Waals surface area contributed by atoms with Gasteiger partial charge >= 0.3 is 0 Å². The second kappa shape index (κ2) is 6.18. The Bertz CT molecular complexity index is 603. The molecule has 0 spiro atoms. The molecule has 23 heavy (non-hydrogen) atoms. The van der Waals surface area contributed by atoms with Crippen LogP contribution in [0.1, 0.15) is 76.3 Å². The molecule has 1 aromatic rings. The number of benzene rings is 1. The number of unbranched alkanes of at least 4 members (excludes halogenated alkanes) is 2. The molecule has 1 heterocycles. The summed E-state index contributed by atoms with van der Waals surface area (Å²) >= 11 is 0. The van der Waals surface area contributed by atoms with Gasteiger partial charge in [0, 0.05) is 30.2 Å². The fourth-order valence-corrected chi connectivity index (χ4v) is 4.35. The molecule has 126 valence electrons. The van der Waals surface area contributed by atoms with Crippen molar-refractivity contribution in [1.29, 1.82) is 0 Å². The summed E-state index contributed by atoms with van der Waals surface area (Å²) in [5.41, 5.74) is 1.71. The van der Waals surface area contributed by atoms with E-state index in [2.05, 4.69) is 26.8 Å². The zero-order valence-electron chi connectivity index (χ0n) is 14.5. The van der Waals surface area contributed by atoms with Crippen LogP contribution in [0.5, 0.6) is 11.5 Å². The number of Topliss-reactive ketones (excluding diaryl/α,β-unsaturated/α-hetero) is 1. The number of ether oxygens (including phenoxy) is 1. The number of ketones is 1. The Kier molecular flexibility index (Phi) is 4.39. The van der Waals surface area contributed by atoms with Gasteiger partial charge in [0.05, 0.1) is 0 Å². The lowest BCUT2D eigenvalue weighted by molar-refractivity contribution is -0.124. The molecule has 3 heteroatoms. The van der Waals surface area contributed by atoms with Gasteiger partial charge in [-0.25, -0.2) is 0 Å². The van der Waals surface area contributed by atoms with E-state index >= 15 is 0 Å². The van der Waals surface area contributed by atoms with Gasteiger partial charge in [-0.1, -0.05) is 19.8 Å². The molecule has 1 aliphatic heterocycles. The minimum Gasteiger partial charge on any atom is -0.508 e. The van der Waals surface area contributed by atoms with Gasteiger partial charge in [-0.15, -0.1) is 0 Å². The average Bonchev–Trinajstić information content (AvgIpc) is 2.46. The van der Waals surface area contributed by atoms with Gasteiger partial charge in [-0.2, -0.15) is 0 Å². The minimum atomic E-state index is -0.285. The smallest absolute Gasteiger partial charge is 0.133 e. The van der Waals surface area contributed by atoms with E-state index in [9.17, 15) is 9.90 Å². The number of hydrogen-bond acceptors (Lipinski definition) is 3. The van der Waals surface area contributed by atoms with E-state index < -0.39 is 0 Å². The van der Waals surface area contributed by atoms with Crippen LogP contribution in [0.2, 0.25) is 0 Å². The molecule has 3 rings (SSSR count). The predicted octanol–water partition coefficient (Wildman–Crippen LogP) is 4.75. The summed E-state index contributed by atoms with van der Waals surface area (Å²) in [5, 5.41) is 10.6. The van der Waals surface area contributed by atoms with E-state index in [0.29, 0.717) is 30.3 Å². The standard InChI is InChI=1S/C20H28O3/c1-4-5-6-7-13-10-17(22)19-15-12-14(21)8-9-16(15)20(2,3)23-18(19)11-13/h10-11,15-16,22H,4-9,12H2,1-3H3. The average molecular weight is 316 g/mol.